The summed E-state index contributed by atoms with van der Waals surface area (Å²) in [6.07, 6.45) is 0. The SMILES string of the molecule is Cc1cc(C)cc(OCC(=O)Nc2nc(-c3cccc(Br)c3)cs2)c1. The van der Waals surface area contributed by atoms with E-state index in [9.17, 15) is 4.79 Å². The summed E-state index contributed by atoms with van der Waals surface area (Å²) in [7, 11) is 0. The fourth-order valence-electron chi connectivity index (χ4n) is 2.43. The summed E-state index contributed by atoms with van der Waals surface area (Å²) < 4.78 is 6.56. The number of nitrogens with zero attached hydrogens (tertiary/aromatic N) is 1. The van der Waals surface area contributed by atoms with Gasteiger partial charge in [0.15, 0.2) is 11.7 Å². The highest BCUT2D eigenvalue weighted by Crippen LogP contribution is 2.26. The van der Waals surface area contributed by atoms with Crippen LogP contribution in [0.3, 0.4) is 0 Å². The zero-order valence-electron chi connectivity index (χ0n) is 13.9. The van der Waals surface area contributed by atoms with Crippen LogP contribution in [0.5, 0.6) is 5.75 Å². The van der Waals surface area contributed by atoms with Crippen LogP contribution in [0.2, 0.25) is 0 Å². The van der Waals surface area contributed by atoms with Crippen molar-refractivity contribution < 1.29 is 9.53 Å². The molecule has 1 N–H and O–H groups in total. The van der Waals surface area contributed by atoms with Crippen LogP contribution in [0.15, 0.2) is 52.3 Å². The van der Waals surface area contributed by atoms with Gasteiger partial charge in [-0.3, -0.25) is 10.1 Å². The van der Waals surface area contributed by atoms with Crippen molar-refractivity contribution in [1.82, 2.24) is 4.98 Å². The minimum Gasteiger partial charge on any atom is -0.484 e. The predicted octanol–water partition coefficient (Wildman–Crippen LogP) is 5.21. The molecule has 128 valence electrons. The van der Waals surface area contributed by atoms with Crippen molar-refractivity contribution >= 4 is 38.3 Å². The van der Waals surface area contributed by atoms with Crippen molar-refractivity contribution in [3.05, 3.63) is 63.4 Å². The number of amides is 1. The van der Waals surface area contributed by atoms with Gasteiger partial charge in [-0.2, -0.15) is 0 Å². The van der Waals surface area contributed by atoms with Gasteiger partial charge in [-0.1, -0.05) is 34.1 Å². The Labute approximate surface area is 159 Å². The number of ether oxygens (including phenoxy) is 1. The number of carbonyl (C=O) groups is 1. The van der Waals surface area contributed by atoms with Crippen LogP contribution in [0.4, 0.5) is 5.13 Å². The standard InChI is InChI=1S/C19H17BrN2O2S/c1-12-6-13(2)8-16(7-12)24-10-18(23)22-19-21-17(11-25-19)14-4-3-5-15(20)9-14/h3-9,11H,10H2,1-2H3,(H,21,22,23). The minimum atomic E-state index is -0.227. The Kier molecular flexibility index (Phi) is 5.50. The first-order chi connectivity index (χ1) is 12.0. The summed E-state index contributed by atoms with van der Waals surface area (Å²) in [5.74, 6) is 0.468. The third-order valence-electron chi connectivity index (χ3n) is 3.44. The van der Waals surface area contributed by atoms with Crippen LogP contribution in [0.25, 0.3) is 11.3 Å². The fraction of sp³-hybridized carbons (Fsp3) is 0.158. The quantitative estimate of drug-likeness (QED) is 0.620. The second-order valence-corrected chi connectivity index (χ2v) is 7.48. The zero-order valence-corrected chi connectivity index (χ0v) is 16.3. The third kappa shape index (κ3) is 4.90. The molecule has 0 aliphatic carbocycles. The molecule has 0 atom stereocenters. The number of aromatic nitrogens is 1. The molecule has 1 aromatic heterocycles. The summed E-state index contributed by atoms with van der Waals surface area (Å²) >= 11 is 4.84. The molecular formula is C19H17BrN2O2S. The van der Waals surface area contributed by atoms with Gasteiger partial charge in [0.2, 0.25) is 0 Å². The second-order valence-electron chi connectivity index (χ2n) is 5.71. The van der Waals surface area contributed by atoms with Crippen LogP contribution in [0, 0.1) is 13.8 Å². The number of aryl methyl sites for hydroxylation is 2. The first-order valence-electron chi connectivity index (χ1n) is 7.72. The summed E-state index contributed by atoms with van der Waals surface area (Å²) in [5, 5.41) is 5.26. The molecule has 0 saturated carbocycles. The zero-order chi connectivity index (χ0) is 17.8. The van der Waals surface area contributed by atoms with Crippen molar-refractivity contribution in [2.24, 2.45) is 0 Å². The molecule has 2 aromatic carbocycles. The average molecular weight is 417 g/mol. The molecule has 3 aromatic rings. The van der Waals surface area contributed by atoms with Crippen LogP contribution in [-0.2, 0) is 4.79 Å². The van der Waals surface area contributed by atoms with Crippen molar-refractivity contribution in [1.29, 1.82) is 0 Å². The van der Waals surface area contributed by atoms with E-state index in [1.165, 1.54) is 11.3 Å². The van der Waals surface area contributed by atoms with E-state index in [1.54, 1.807) is 0 Å². The van der Waals surface area contributed by atoms with Gasteiger partial charge in [-0.15, -0.1) is 11.3 Å². The van der Waals surface area contributed by atoms with E-state index in [1.807, 2.05) is 55.6 Å². The van der Waals surface area contributed by atoms with E-state index in [-0.39, 0.29) is 12.5 Å². The van der Waals surface area contributed by atoms with Gasteiger partial charge < -0.3 is 4.74 Å². The van der Waals surface area contributed by atoms with E-state index in [2.05, 4.69) is 32.3 Å². The summed E-state index contributed by atoms with van der Waals surface area (Å²) in [6.45, 7) is 3.95. The van der Waals surface area contributed by atoms with Crippen molar-refractivity contribution in [2.45, 2.75) is 13.8 Å². The molecule has 0 bridgehead atoms. The van der Waals surface area contributed by atoms with Crippen molar-refractivity contribution in [2.75, 3.05) is 11.9 Å². The number of benzene rings is 2. The summed E-state index contributed by atoms with van der Waals surface area (Å²) in [6, 6.07) is 13.8. The number of hydrogen-bond donors (Lipinski definition) is 1. The van der Waals surface area contributed by atoms with Gasteiger partial charge in [0.1, 0.15) is 5.75 Å². The normalized spacial score (nSPS) is 10.5. The molecule has 25 heavy (non-hydrogen) atoms. The lowest BCUT2D eigenvalue weighted by Gasteiger charge is -2.07. The van der Waals surface area contributed by atoms with Crippen LogP contribution in [0.1, 0.15) is 11.1 Å². The summed E-state index contributed by atoms with van der Waals surface area (Å²) in [4.78, 5) is 16.5. The number of carbonyl (C=O) groups excluding carboxylic acids is 1. The first kappa shape index (κ1) is 17.6. The molecule has 0 aliphatic rings. The molecule has 0 aliphatic heterocycles. The first-order valence-corrected chi connectivity index (χ1v) is 9.39. The molecule has 0 radical (unpaired) electrons. The molecular weight excluding hydrogens is 400 g/mol. The van der Waals surface area contributed by atoms with E-state index in [0.29, 0.717) is 10.9 Å². The number of rotatable bonds is 5. The second kappa shape index (κ2) is 7.80. The lowest BCUT2D eigenvalue weighted by Crippen LogP contribution is -2.20. The van der Waals surface area contributed by atoms with Gasteiger partial charge in [-0.05, 0) is 49.2 Å². The third-order valence-corrected chi connectivity index (χ3v) is 4.69. The summed E-state index contributed by atoms with van der Waals surface area (Å²) in [5.41, 5.74) is 4.04. The Morgan fingerprint density at radius 1 is 1.20 bits per heavy atom. The Bertz CT molecular complexity index is 888. The van der Waals surface area contributed by atoms with Gasteiger partial charge in [0.05, 0.1) is 5.69 Å². The Hall–Kier alpha value is -2.18. The number of nitrogens with one attached hydrogen (secondary N) is 1. The van der Waals surface area contributed by atoms with Crippen molar-refractivity contribution in [3.63, 3.8) is 0 Å². The molecule has 1 amide bonds. The predicted molar refractivity (Wildman–Crippen MR) is 105 cm³/mol. The smallest absolute Gasteiger partial charge is 0.264 e. The molecule has 4 nitrogen and oxygen atoms in total. The fourth-order valence-corrected chi connectivity index (χ4v) is 3.57. The Morgan fingerprint density at radius 2 is 1.96 bits per heavy atom. The molecule has 0 fully saturated rings. The Balaban J connectivity index is 1.60. The molecule has 1 heterocycles. The molecule has 6 heteroatoms. The Morgan fingerprint density at radius 3 is 2.68 bits per heavy atom. The number of anilines is 1. The van der Waals surface area contributed by atoms with Gasteiger partial charge in [-0.25, -0.2) is 4.98 Å². The minimum absolute atomic E-state index is 0.0469. The highest BCUT2D eigenvalue weighted by molar-refractivity contribution is 9.10. The maximum absolute atomic E-state index is 12.1. The van der Waals surface area contributed by atoms with E-state index in [4.69, 9.17) is 4.74 Å². The van der Waals surface area contributed by atoms with Crippen LogP contribution >= 0.6 is 27.3 Å². The van der Waals surface area contributed by atoms with Crippen molar-refractivity contribution in [3.8, 4) is 17.0 Å². The van der Waals surface area contributed by atoms with Crippen LogP contribution in [-0.4, -0.2) is 17.5 Å². The lowest BCUT2D eigenvalue weighted by atomic mass is 10.1. The van der Waals surface area contributed by atoms with E-state index < -0.39 is 0 Å². The number of halogens is 1. The highest BCUT2D eigenvalue weighted by atomic mass is 79.9. The van der Waals surface area contributed by atoms with Gasteiger partial charge >= 0.3 is 0 Å². The average Bonchev–Trinajstić information content (AvgIpc) is 3.00. The molecule has 0 spiro atoms. The number of hydrogen-bond acceptors (Lipinski definition) is 4. The largest absolute Gasteiger partial charge is 0.484 e. The van der Waals surface area contributed by atoms with Gasteiger partial charge in [0, 0.05) is 15.4 Å². The maximum Gasteiger partial charge on any atom is 0.264 e. The topological polar surface area (TPSA) is 51.2 Å². The molecule has 0 saturated heterocycles. The van der Waals surface area contributed by atoms with E-state index in [0.717, 1.165) is 26.9 Å². The highest BCUT2D eigenvalue weighted by Gasteiger charge is 2.09. The monoisotopic (exact) mass is 416 g/mol. The van der Waals surface area contributed by atoms with Crippen LogP contribution < -0.4 is 10.1 Å². The molecule has 0 unspecified atom stereocenters. The van der Waals surface area contributed by atoms with Gasteiger partial charge in [0.25, 0.3) is 5.91 Å². The van der Waals surface area contributed by atoms with E-state index >= 15 is 0 Å². The molecule has 3 rings (SSSR count). The number of thiazole rings is 1. The lowest BCUT2D eigenvalue weighted by molar-refractivity contribution is -0.118. The maximum atomic E-state index is 12.1.